The maximum absolute atomic E-state index is 13.5. The smallest absolute Gasteiger partial charge is 0.125 e. The van der Waals surface area contributed by atoms with Gasteiger partial charge in [-0.2, -0.15) is 10.4 Å². The Labute approximate surface area is 124 Å². The SMILES string of the molecule is CCc1nn(-c2cccc(F)c2)c2c1C(CC#N)CCC2. The van der Waals surface area contributed by atoms with E-state index in [1.807, 2.05) is 10.7 Å². The van der Waals surface area contributed by atoms with E-state index in [0.717, 1.165) is 42.8 Å². The van der Waals surface area contributed by atoms with E-state index < -0.39 is 0 Å². The van der Waals surface area contributed by atoms with Crippen LogP contribution in [0.25, 0.3) is 5.69 Å². The third kappa shape index (κ3) is 2.44. The topological polar surface area (TPSA) is 41.6 Å². The van der Waals surface area contributed by atoms with E-state index in [1.54, 1.807) is 6.07 Å². The first-order valence-electron chi connectivity index (χ1n) is 7.48. The first kappa shape index (κ1) is 13.8. The summed E-state index contributed by atoms with van der Waals surface area (Å²) in [5, 5.41) is 13.7. The van der Waals surface area contributed by atoms with E-state index in [9.17, 15) is 4.39 Å². The predicted molar refractivity (Wildman–Crippen MR) is 78.8 cm³/mol. The molecule has 3 nitrogen and oxygen atoms in total. The minimum absolute atomic E-state index is 0.251. The van der Waals surface area contributed by atoms with Gasteiger partial charge >= 0.3 is 0 Å². The van der Waals surface area contributed by atoms with E-state index in [4.69, 9.17) is 10.4 Å². The maximum Gasteiger partial charge on any atom is 0.125 e. The van der Waals surface area contributed by atoms with Crippen molar-refractivity contribution in [3.8, 4) is 11.8 Å². The quantitative estimate of drug-likeness (QED) is 0.857. The fraction of sp³-hybridized carbons (Fsp3) is 0.412. The van der Waals surface area contributed by atoms with Gasteiger partial charge in [-0.05, 0) is 43.9 Å². The van der Waals surface area contributed by atoms with Gasteiger partial charge in [-0.3, -0.25) is 0 Å². The number of aryl methyl sites for hydroxylation is 1. The van der Waals surface area contributed by atoms with Crippen LogP contribution in [0.4, 0.5) is 4.39 Å². The molecule has 1 unspecified atom stereocenters. The monoisotopic (exact) mass is 283 g/mol. The molecule has 4 heteroatoms. The Morgan fingerprint density at radius 1 is 1.48 bits per heavy atom. The molecule has 0 saturated carbocycles. The molecule has 21 heavy (non-hydrogen) atoms. The number of nitrogens with zero attached hydrogens (tertiary/aromatic N) is 3. The Balaban J connectivity index is 2.14. The number of fused-ring (bicyclic) bond motifs is 1. The molecule has 0 amide bonds. The Morgan fingerprint density at radius 2 is 2.33 bits per heavy atom. The van der Waals surface area contributed by atoms with E-state index in [-0.39, 0.29) is 11.7 Å². The second kappa shape index (κ2) is 5.69. The number of hydrogen-bond donors (Lipinski definition) is 0. The molecule has 1 atom stereocenters. The van der Waals surface area contributed by atoms with Gasteiger partial charge in [0.25, 0.3) is 0 Å². The fourth-order valence-corrected chi connectivity index (χ4v) is 3.28. The van der Waals surface area contributed by atoms with Crippen LogP contribution in [0.1, 0.15) is 49.1 Å². The van der Waals surface area contributed by atoms with Crippen LogP contribution < -0.4 is 0 Å². The van der Waals surface area contributed by atoms with Crippen LogP contribution >= 0.6 is 0 Å². The Bertz CT molecular complexity index is 697. The molecule has 0 aliphatic heterocycles. The lowest BCUT2D eigenvalue weighted by atomic mass is 9.83. The largest absolute Gasteiger partial charge is 0.237 e. The summed E-state index contributed by atoms with van der Waals surface area (Å²) in [7, 11) is 0. The van der Waals surface area contributed by atoms with Crippen molar-refractivity contribution in [1.82, 2.24) is 9.78 Å². The zero-order valence-electron chi connectivity index (χ0n) is 12.1. The third-order valence-corrected chi connectivity index (χ3v) is 4.20. The van der Waals surface area contributed by atoms with E-state index in [2.05, 4.69) is 13.0 Å². The van der Waals surface area contributed by atoms with E-state index in [1.165, 1.54) is 17.7 Å². The highest BCUT2D eigenvalue weighted by Crippen LogP contribution is 2.37. The zero-order valence-corrected chi connectivity index (χ0v) is 12.1. The summed E-state index contributed by atoms with van der Waals surface area (Å²) in [4.78, 5) is 0. The summed E-state index contributed by atoms with van der Waals surface area (Å²) >= 11 is 0. The maximum atomic E-state index is 13.5. The van der Waals surface area contributed by atoms with Gasteiger partial charge in [0.1, 0.15) is 5.82 Å². The van der Waals surface area contributed by atoms with Crippen molar-refractivity contribution < 1.29 is 4.39 Å². The van der Waals surface area contributed by atoms with Crippen LogP contribution in [0, 0.1) is 17.1 Å². The molecular formula is C17H18FN3. The first-order valence-corrected chi connectivity index (χ1v) is 7.48. The highest BCUT2D eigenvalue weighted by atomic mass is 19.1. The standard InChI is InChI=1S/C17H18FN3/c1-2-15-17-12(9-10-19)5-3-8-16(17)21(20-15)14-7-4-6-13(18)11-14/h4,6-7,11-12H,2-3,5,8-9H2,1H3. The number of rotatable bonds is 3. The van der Waals surface area contributed by atoms with Crippen LogP contribution in [0.5, 0.6) is 0 Å². The second-order valence-electron chi connectivity index (χ2n) is 5.50. The normalized spacial score (nSPS) is 17.3. The molecule has 0 N–H and O–H groups in total. The number of benzene rings is 1. The molecule has 1 aromatic carbocycles. The van der Waals surface area contributed by atoms with Gasteiger partial charge in [-0.1, -0.05) is 13.0 Å². The Kier molecular flexibility index (Phi) is 3.74. The van der Waals surface area contributed by atoms with Crippen LogP contribution in [-0.2, 0) is 12.8 Å². The minimum atomic E-state index is -0.251. The van der Waals surface area contributed by atoms with Crippen molar-refractivity contribution in [1.29, 1.82) is 5.26 Å². The van der Waals surface area contributed by atoms with Gasteiger partial charge in [0.15, 0.2) is 0 Å². The molecule has 0 bridgehead atoms. The van der Waals surface area contributed by atoms with Gasteiger partial charge in [0.05, 0.1) is 17.5 Å². The van der Waals surface area contributed by atoms with Crippen molar-refractivity contribution in [2.75, 3.05) is 0 Å². The molecule has 0 radical (unpaired) electrons. The number of aromatic nitrogens is 2. The molecule has 108 valence electrons. The van der Waals surface area contributed by atoms with Gasteiger partial charge in [-0.15, -0.1) is 0 Å². The van der Waals surface area contributed by atoms with Crippen molar-refractivity contribution in [3.63, 3.8) is 0 Å². The fourth-order valence-electron chi connectivity index (χ4n) is 3.28. The minimum Gasteiger partial charge on any atom is -0.237 e. The summed E-state index contributed by atoms with van der Waals surface area (Å²) in [6.07, 6.45) is 4.42. The molecule has 1 aliphatic carbocycles. The molecule has 1 aromatic heterocycles. The van der Waals surface area contributed by atoms with Crippen LogP contribution in [0.2, 0.25) is 0 Å². The molecule has 2 aromatic rings. The van der Waals surface area contributed by atoms with Gasteiger partial charge in [-0.25, -0.2) is 9.07 Å². The zero-order chi connectivity index (χ0) is 14.8. The lowest BCUT2D eigenvalue weighted by molar-refractivity contribution is 0.547. The molecule has 0 spiro atoms. The number of hydrogen-bond acceptors (Lipinski definition) is 2. The van der Waals surface area contributed by atoms with Gasteiger partial charge in [0.2, 0.25) is 0 Å². The Morgan fingerprint density at radius 3 is 3.05 bits per heavy atom. The Hall–Kier alpha value is -2.15. The summed E-state index contributed by atoms with van der Waals surface area (Å²) < 4.78 is 15.4. The van der Waals surface area contributed by atoms with Crippen molar-refractivity contribution >= 4 is 0 Å². The van der Waals surface area contributed by atoms with Crippen LogP contribution in [0.3, 0.4) is 0 Å². The van der Waals surface area contributed by atoms with E-state index >= 15 is 0 Å². The summed E-state index contributed by atoms with van der Waals surface area (Å²) in [5.74, 6) is 0.0233. The average molecular weight is 283 g/mol. The summed E-state index contributed by atoms with van der Waals surface area (Å²) in [6.45, 7) is 2.08. The lowest BCUT2D eigenvalue weighted by Gasteiger charge is -2.22. The average Bonchev–Trinajstić information content (AvgIpc) is 2.87. The predicted octanol–water partition coefficient (Wildman–Crippen LogP) is 3.91. The van der Waals surface area contributed by atoms with Crippen molar-refractivity contribution in [2.45, 2.75) is 44.9 Å². The van der Waals surface area contributed by atoms with E-state index in [0.29, 0.717) is 6.42 Å². The first-order chi connectivity index (χ1) is 10.2. The molecule has 1 aliphatic rings. The second-order valence-corrected chi connectivity index (χ2v) is 5.50. The highest BCUT2D eigenvalue weighted by molar-refractivity contribution is 5.41. The molecule has 0 fully saturated rings. The number of nitriles is 1. The van der Waals surface area contributed by atoms with Crippen molar-refractivity contribution in [3.05, 3.63) is 47.0 Å². The molecule has 1 heterocycles. The van der Waals surface area contributed by atoms with Crippen LogP contribution in [-0.4, -0.2) is 9.78 Å². The number of halogens is 1. The third-order valence-electron chi connectivity index (χ3n) is 4.20. The highest BCUT2D eigenvalue weighted by Gasteiger charge is 2.28. The summed E-state index contributed by atoms with van der Waals surface area (Å²) in [6, 6.07) is 8.84. The van der Waals surface area contributed by atoms with Gasteiger partial charge < -0.3 is 0 Å². The summed E-state index contributed by atoms with van der Waals surface area (Å²) in [5.41, 5.74) is 4.20. The van der Waals surface area contributed by atoms with Crippen LogP contribution in [0.15, 0.2) is 24.3 Å². The van der Waals surface area contributed by atoms with Gasteiger partial charge in [0, 0.05) is 23.6 Å². The molecular weight excluding hydrogens is 265 g/mol. The molecule has 3 rings (SSSR count). The molecule has 0 saturated heterocycles. The lowest BCUT2D eigenvalue weighted by Crippen LogP contribution is -2.12. The van der Waals surface area contributed by atoms with Crippen molar-refractivity contribution in [2.24, 2.45) is 0 Å².